The van der Waals surface area contributed by atoms with Crippen molar-refractivity contribution in [3.8, 4) is 0 Å². The largest absolute Gasteiger partial charge is 0.372 e. The predicted octanol–water partition coefficient (Wildman–Crippen LogP) is 4.58. The fourth-order valence-electron chi connectivity index (χ4n) is 3.84. The topological polar surface area (TPSA) is 69.7 Å². The van der Waals surface area contributed by atoms with E-state index in [4.69, 9.17) is 0 Å². The summed E-state index contributed by atoms with van der Waals surface area (Å²) in [6.45, 7) is 5.77. The Balaban J connectivity index is 1.45. The third-order valence-corrected chi connectivity index (χ3v) is 6.40. The highest BCUT2D eigenvalue weighted by Crippen LogP contribution is 2.33. The zero-order chi connectivity index (χ0) is 22.0. The molecule has 2 fully saturated rings. The second-order valence-electron chi connectivity index (χ2n) is 7.92. The number of thioether (sulfide) groups is 1. The second-order valence-corrected chi connectivity index (χ2v) is 8.91. The zero-order valence-electron chi connectivity index (χ0n) is 17.7. The molecule has 0 spiro atoms. The zero-order valence-corrected chi connectivity index (χ0v) is 18.5. The van der Waals surface area contributed by atoms with Crippen LogP contribution in [-0.4, -0.2) is 41.6 Å². The van der Waals surface area contributed by atoms with Gasteiger partial charge in [0.05, 0.1) is 4.91 Å². The first kappa shape index (κ1) is 21.2. The van der Waals surface area contributed by atoms with Crippen molar-refractivity contribution in [2.75, 3.05) is 29.9 Å². The Morgan fingerprint density at radius 2 is 1.87 bits per heavy atom. The average molecular weight is 436 g/mol. The number of aryl methyl sites for hydroxylation is 2. The van der Waals surface area contributed by atoms with E-state index in [1.807, 2.05) is 38.1 Å². The molecule has 2 aromatic carbocycles. The lowest BCUT2D eigenvalue weighted by Gasteiger charge is -2.18. The van der Waals surface area contributed by atoms with Crippen LogP contribution in [-0.2, 0) is 9.59 Å². The maximum atomic E-state index is 12.8. The molecule has 1 N–H and O–H groups in total. The number of hydrogen-bond acceptors (Lipinski definition) is 5. The van der Waals surface area contributed by atoms with Gasteiger partial charge in [-0.15, -0.1) is 0 Å². The van der Waals surface area contributed by atoms with Gasteiger partial charge in [0.25, 0.3) is 11.1 Å². The van der Waals surface area contributed by atoms with Crippen LogP contribution in [0.3, 0.4) is 0 Å². The smallest absolute Gasteiger partial charge is 0.294 e. The molecule has 7 heteroatoms. The molecular formula is C24H25N3O3S. The number of anilines is 2. The highest BCUT2D eigenvalue weighted by molar-refractivity contribution is 8.18. The summed E-state index contributed by atoms with van der Waals surface area (Å²) in [7, 11) is 0. The number of rotatable bonds is 5. The van der Waals surface area contributed by atoms with Crippen LogP contribution in [0.1, 0.15) is 29.5 Å². The van der Waals surface area contributed by atoms with E-state index < -0.39 is 17.1 Å². The number of nitrogens with zero attached hydrogens (tertiary/aromatic N) is 2. The van der Waals surface area contributed by atoms with Gasteiger partial charge in [0.1, 0.15) is 6.54 Å². The summed E-state index contributed by atoms with van der Waals surface area (Å²) in [6.07, 6.45) is 4.17. The number of benzene rings is 2. The van der Waals surface area contributed by atoms with E-state index in [-0.39, 0.29) is 6.54 Å². The SMILES string of the molecule is Cc1cccc(NC(=O)CN2C(=O)S/C(=C/c3ccc(N4CCCC4)cc3C)C2=O)c1. The van der Waals surface area contributed by atoms with Crippen molar-refractivity contribution in [1.29, 1.82) is 0 Å². The molecule has 0 atom stereocenters. The lowest BCUT2D eigenvalue weighted by atomic mass is 10.1. The molecule has 31 heavy (non-hydrogen) atoms. The van der Waals surface area contributed by atoms with Crippen molar-refractivity contribution in [2.45, 2.75) is 26.7 Å². The maximum absolute atomic E-state index is 12.8. The molecule has 0 aliphatic carbocycles. The van der Waals surface area contributed by atoms with Crippen molar-refractivity contribution in [3.63, 3.8) is 0 Å². The number of carbonyl (C=O) groups excluding carboxylic acids is 3. The first-order valence-corrected chi connectivity index (χ1v) is 11.2. The minimum Gasteiger partial charge on any atom is -0.372 e. The molecule has 2 aromatic rings. The van der Waals surface area contributed by atoms with Crippen LogP contribution < -0.4 is 10.2 Å². The molecule has 2 aliphatic heterocycles. The van der Waals surface area contributed by atoms with Crippen LogP contribution >= 0.6 is 11.8 Å². The van der Waals surface area contributed by atoms with E-state index in [2.05, 4.69) is 22.3 Å². The standard InChI is InChI=1S/C24H25N3O3S/c1-16-6-5-7-19(12-16)25-22(28)15-27-23(29)21(31-24(27)30)14-18-8-9-20(13-17(18)2)26-10-3-4-11-26/h5-9,12-14H,3-4,10-11,15H2,1-2H3,(H,25,28)/b21-14+. The van der Waals surface area contributed by atoms with E-state index in [1.54, 1.807) is 12.1 Å². The summed E-state index contributed by atoms with van der Waals surface area (Å²) >= 11 is 0.874. The Morgan fingerprint density at radius 1 is 1.10 bits per heavy atom. The van der Waals surface area contributed by atoms with Crippen molar-refractivity contribution < 1.29 is 14.4 Å². The van der Waals surface area contributed by atoms with Gasteiger partial charge < -0.3 is 10.2 Å². The number of imide groups is 1. The molecule has 2 aliphatic rings. The first-order chi connectivity index (χ1) is 14.9. The van der Waals surface area contributed by atoms with Crippen molar-refractivity contribution >= 4 is 46.3 Å². The minimum absolute atomic E-state index is 0.303. The van der Waals surface area contributed by atoms with Gasteiger partial charge in [-0.05, 0) is 85.5 Å². The van der Waals surface area contributed by atoms with Crippen LogP contribution in [0.4, 0.5) is 16.2 Å². The third kappa shape index (κ3) is 4.82. The minimum atomic E-state index is -0.433. The fourth-order valence-corrected chi connectivity index (χ4v) is 4.67. The van der Waals surface area contributed by atoms with Gasteiger partial charge in [-0.25, -0.2) is 0 Å². The Hall–Kier alpha value is -3.06. The summed E-state index contributed by atoms with van der Waals surface area (Å²) in [5.41, 5.74) is 4.79. The van der Waals surface area contributed by atoms with Gasteiger partial charge in [0.2, 0.25) is 5.91 Å². The lowest BCUT2D eigenvalue weighted by molar-refractivity contribution is -0.127. The Kier molecular flexibility index (Phi) is 6.13. The predicted molar refractivity (Wildman–Crippen MR) is 125 cm³/mol. The van der Waals surface area contributed by atoms with Crippen molar-refractivity contribution in [1.82, 2.24) is 4.90 Å². The molecule has 4 rings (SSSR count). The molecule has 0 unspecified atom stereocenters. The van der Waals surface area contributed by atoms with Crippen LogP contribution in [0, 0.1) is 13.8 Å². The quantitative estimate of drug-likeness (QED) is 0.697. The summed E-state index contributed by atoms with van der Waals surface area (Å²) < 4.78 is 0. The molecule has 0 aromatic heterocycles. The van der Waals surface area contributed by atoms with Crippen LogP contribution in [0.5, 0.6) is 0 Å². The fraction of sp³-hybridized carbons (Fsp3) is 0.292. The van der Waals surface area contributed by atoms with Gasteiger partial charge in [-0.2, -0.15) is 0 Å². The monoisotopic (exact) mass is 435 g/mol. The van der Waals surface area contributed by atoms with E-state index in [1.165, 1.54) is 18.5 Å². The number of amides is 3. The van der Waals surface area contributed by atoms with Gasteiger partial charge in [0.15, 0.2) is 0 Å². The number of hydrogen-bond donors (Lipinski definition) is 1. The summed E-state index contributed by atoms with van der Waals surface area (Å²) in [5.74, 6) is -0.835. The molecule has 3 amide bonds. The summed E-state index contributed by atoms with van der Waals surface area (Å²) in [4.78, 5) is 41.2. The van der Waals surface area contributed by atoms with Crippen LogP contribution in [0.15, 0.2) is 47.4 Å². The number of nitrogens with one attached hydrogen (secondary N) is 1. The molecule has 2 saturated heterocycles. The number of carbonyl (C=O) groups is 3. The Bertz CT molecular complexity index is 1070. The van der Waals surface area contributed by atoms with E-state index >= 15 is 0 Å². The highest BCUT2D eigenvalue weighted by Gasteiger charge is 2.36. The third-order valence-electron chi connectivity index (χ3n) is 5.49. The molecule has 0 radical (unpaired) electrons. The van der Waals surface area contributed by atoms with Crippen molar-refractivity contribution in [3.05, 3.63) is 64.1 Å². The van der Waals surface area contributed by atoms with Crippen molar-refractivity contribution in [2.24, 2.45) is 0 Å². The average Bonchev–Trinajstić information content (AvgIpc) is 3.34. The summed E-state index contributed by atoms with van der Waals surface area (Å²) in [6, 6.07) is 13.5. The second kappa shape index (κ2) is 8.98. The first-order valence-electron chi connectivity index (χ1n) is 10.4. The van der Waals surface area contributed by atoms with E-state index in [0.717, 1.165) is 46.4 Å². The van der Waals surface area contributed by atoms with Crippen LogP contribution in [0.2, 0.25) is 0 Å². The van der Waals surface area contributed by atoms with Gasteiger partial charge in [-0.3, -0.25) is 19.3 Å². The van der Waals surface area contributed by atoms with Crippen LogP contribution in [0.25, 0.3) is 6.08 Å². The van der Waals surface area contributed by atoms with Gasteiger partial charge in [-0.1, -0.05) is 18.2 Å². The highest BCUT2D eigenvalue weighted by atomic mass is 32.2. The van der Waals surface area contributed by atoms with Gasteiger partial charge in [0, 0.05) is 24.5 Å². The molecular weight excluding hydrogens is 410 g/mol. The maximum Gasteiger partial charge on any atom is 0.294 e. The lowest BCUT2D eigenvalue weighted by Crippen LogP contribution is -2.36. The molecule has 0 bridgehead atoms. The molecule has 160 valence electrons. The van der Waals surface area contributed by atoms with Gasteiger partial charge >= 0.3 is 0 Å². The Morgan fingerprint density at radius 3 is 2.58 bits per heavy atom. The molecule has 0 saturated carbocycles. The normalized spacial score (nSPS) is 17.7. The van der Waals surface area contributed by atoms with E-state index in [0.29, 0.717) is 10.6 Å². The van der Waals surface area contributed by atoms with E-state index in [9.17, 15) is 14.4 Å². The molecule has 2 heterocycles. The Labute approximate surface area is 186 Å². The molecule has 6 nitrogen and oxygen atoms in total. The summed E-state index contributed by atoms with van der Waals surface area (Å²) in [5, 5.41) is 2.31.